The van der Waals surface area contributed by atoms with Crippen LogP contribution in [0, 0.1) is 6.58 Å². The molecule has 5 nitrogen and oxygen atoms in total. The number of benzene rings is 1. The third-order valence-electron chi connectivity index (χ3n) is 1.24. The molecule has 0 radical (unpaired) electrons. The topological polar surface area (TPSA) is 97.5 Å². The Balaban J connectivity index is -0.000000243. The molecule has 0 saturated heterocycles. The van der Waals surface area contributed by atoms with E-state index in [0.29, 0.717) is 0 Å². The summed E-state index contributed by atoms with van der Waals surface area (Å²) < 4.78 is 29.2. The summed E-state index contributed by atoms with van der Waals surface area (Å²) in [5, 5.41) is 0. The molecule has 0 bridgehead atoms. The summed E-state index contributed by atoms with van der Waals surface area (Å²) in [5.74, 6) is -0.481. The van der Waals surface area contributed by atoms with Crippen LogP contribution in [0.15, 0.2) is 54.5 Å². The van der Waals surface area contributed by atoms with Gasteiger partial charge in [-0.3, -0.25) is 15.9 Å². The maximum Gasteiger partial charge on any atom is 1.00 e. The van der Waals surface area contributed by atoms with E-state index in [4.69, 9.17) is 4.55 Å². The molecule has 0 fully saturated rings. The van der Waals surface area contributed by atoms with Gasteiger partial charge in [0.05, 0.1) is 4.90 Å². The van der Waals surface area contributed by atoms with Crippen molar-refractivity contribution in [3.05, 3.63) is 56.1 Å². The molecule has 0 aromatic heterocycles. The average Bonchev–Trinajstić information content (AvgIpc) is 2.32. The first-order valence-corrected chi connectivity index (χ1v) is 5.67. The van der Waals surface area contributed by atoms with Crippen LogP contribution in [-0.2, 0) is 14.9 Å². The predicted molar refractivity (Wildman–Crippen MR) is 65.6 cm³/mol. The molecule has 0 aliphatic carbocycles. The number of carbonyl (C=O) groups is 1. The van der Waals surface area contributed by atoms with E-state index in [0.717, 1.165) is 6.08 Å². The first kappa shape index (κ1) is 22.3. The average molecular weight is 279 g/mol. The third-order valence-corrected chi connectivity index (χ3v) is 2.11. The first-order chi connectivity index (χ1) is 7.88. The predicted octanol–water partition coefficient (Wildman–Crippen LogP) is -1.80. The van der Waals surface area contributed by atoms with Gasteiger partial charge >= 0.3 is 29.6 Å². The normalized spacial score (nSPS) is 8.28. The molecule has 18 heavy (non-hydrogen) atoms. The summed E-state index contributed by atoms with van der Waals surface area (Å²) in [6, 6.07) is 7.42. The van der Waals surface area contributed by atoms with Crippen LogP contribution in [0.5, 0.6) is 0 Å². The van der Waals surface area contributed by atoms with Crippen LogP contribution in [0.1, 0.15) is 0 Å². The number of hydrogen-bond donors (Lipinski definition) is 2. The van der Waals surface area contributed by atoms with Crippen molar-refractivity contribution in [1.29, 1.82) is 0 Å². The third kappa shape index (κ3) is 13.1. The van der Waals surface area contributed by atoms with E-state index >= 15 is 0 Å². The van der Waals surface area contributed by atoms with Crippen molar-refractivity contribution in [2.45, 2.75) is 4.90 Å². The Morgan fingerprint density at radius 3 is 1.78 bits per heavy atom. The molecule has 0 aliphatic heterocycles. The molecular formula is C11H14NNaO4S. The van der Waals surface area contributed by atoms with Gasteiger partial charge in [-0.1, -0.05) is 24.8 Å². The van der Waals surface area contributed by atoms with Gasteiger partial charge in [-0.05, 0) is 18.2 Å². The van der Waals surface area contributed by atoms with Gasteiger partial charge in [-0.15, -0.1) is 0 Å². The number of amides is 1. The minimum Gasteiger partial charge on any atom is -0.521 e. The van der Waals surface area contributed by atoms with Crippen molar-refractivity contribution in [3.8, 4) is 0 Å². The Bertz CT molecular complexity index is 445. The van der Waals surface area contributed by atoms with Crippen LogP contribution < -0.4 is 35.3 Å². The molecule has 0 aliphatic rings. The van der Waals surface area contributed by atoms with Gasteiger partial charge in [0, 0.05) is 0 Å². The van der Waals surface area contributed by atoms with Crippen LogP contribution in [-0.4, -0.2) is 18.9 Å². The van der Waals surface area contributed by atoms with Crippen molar-refractivity contribution in [1.82, 2.24) is 0 Å². The molecule has 0 atom stereocenters. The standard InChI is InChI=1S/C6H6O3S.C3H5NO.C2H3.Na/c7-10(8,9)6-4-2-1-3-5-6;1-2-3(4)5;1-2;/h1-5H,(H,7,8,9);2H,1H2,(H2,4,5);1H,2H2;/q;;-1;+1. The van der Waals surface area contributed by atoms with E-state index in [2.05, 4.69) is 25.5 Å². The van der Waals surface area contributed by atoms with Crippen molar-refractivity contribution in [3.63, 3.8) is 0 Å². The number of hydrogen-bond acceptors (Lipinski definition) is 3. The van der Waals surface area contributed by atoms with E-state index in [-0.39, 0.29) is 34.5 Å². The molecule has 0 heterocycles. The zero-order valence-corrected chi connectivity index (χ0v) is 12.9. The molecule has 3 N–H and O–H groups in total. The van der Waals surface area contributed by atoms with Gasteiger partial charge in [-0.2, -0.15) is 8.42 Å². The summed E-state index contributed by atoms with van der Waals surface area (Å²) in [6.07, 6.45) is 1.06. The monoisotopic (exact) mass is 279 g/mol. The van der Waals surface area contributed by atoms with Gasteiger partial charge in [0.2, 0.25) is 5.91 Å². The van der Waals surface area contributed by atoms with Crippen LogP contribution in [0.3, 0.4) is 0 Å². The quantitative estimate of drug-likeness (QED) is 0.289. The van der Waals surface area contributed by atoms with Crippen molar-refractivity contribution < 1.29 is 47.3 Å². The summed E-state index contributed by atoms with van der Waals surface area (Å²) in [5.41, 5.74) is 4.53. The minimum atomic E-state index is -4.00. The Hall–Kier alpha value is -0.920. The van der Waals surface area contributed by atoms with Crippen LogP contribution in [0.25, 0.3) is 0 Å². The summed E-state index contributed by atoms with van der Waals surface area (Å²) >= 11 is 0. The fourth-order valence-electron chi connectivity index (χ4n) is 0.592. The fourth-order valence-corrected chi connectivity index (χ4v) is 1.09. The molecule has 7 heteroatoms. The van der Waals surface area contributed by atoms with Crippen LogP contribution in [0.4, 0.5) is 0 Å². The second kappa shape index (κ2) is 12.5. The summed E-state index contributed by atoms with van der Waals surface area (Å²) in [6.45, 7) is 10.1. The molecule has 0 saturated carbocycles. The molecule has 0 spiro atoms. The molecule has 0 unspecified atom stereocenters. The Kier molecular flexibility index (Phi) is 15.5. The van der Waals surface area contributed by atoms with E-state index in [1.807, 2.05) is 0 Å². The maximum absolute atomic E-state index is 10.4. The van der Waals surface area contributed by atoms with Crippen molar-refractivity contribution in [2.24, 2.45) is 5.73 Å². The number of nitrogens with two attached hydrogens (primary N) is 1. The van der Waals surface area contributed by atoms with Gasteiger partial charge in [0.15, 0.2) is 0 Å². The smallest absolute Gasteiger partial charge is 0.521 e. The second-order valence-corrected chi connectivity index (χ2v) is 3.82. The number of primary amides is 1. The first-order valence-electron chi connectivity index (χ1n) is 4.23. The minimum absolute atomic E-state index is 0. The summed E-state index contributed by atoms with van der Waals surface area (Å²) in [7, 11) is -4.00. The number of rotatable bonds is 2. The van der Waals surface area contributed by atoms with Crippen LogP contribution in [0.2, 0.25) is 0 Å². The molecule has 1 rings (SSSR count). The van der Waals surface area contributed by atoms with E-state index in [9.17, 15) is 13.2 Å². The molecule has 1 amide bonds. The molecule has 94 valence electrons. The fraction of sp³-hybridized carbons (Fsp3) is 0. The Labute approximate surface area is 129 Å². The van der Waals surface area contributed by atoms with Gasteiger partial charge < -0.3 is 12.3 Å². The molecular weight excluding hydrogens is 265 g/mol. The SMILES string of the molecule is C=CC(N)=O.O=S(=O)(O)c1ccccc1.[CH-]=C.[Na+]. The maximum atomic E-state index is 10.4. The Morgan fingerprint density at radius 2 is 1.61 bits per heavy atom. The van der Waals surface area contributed by atoms with E-state index in [1.165, 1.54) is 12.1 Å². The van der Waals surface area contributed by atoms with Gasteiger partial charge in [-0.25, -0.2) is 0 Å². The largest absolute Gasteiger partial charge is 1.00 e. The van der Waals surface area contributed by atoms with Gasteiger partial charge in [0.25, 0.3) is 10.1 Å². The zero-order valence-electron chi connectivity index (χ0n) is 10.1. The molecule has 1 aromatic rings. The van der Waals surface area contributed by atoms with Crippen molar-refractivity contribution >= 4 is 16.0 Å². The molecule has 1 aromatic carbocycles. The van der Waals surface area contributed by atoms with Gasteiger partial charge in [0.1, 0.15) is 0 Å². The zero-order chi connectivity index (χ0) is 13.9. The van der Waals surface area contributed by atoms with E-state index in [1.54, 1.807) is 18.2 Å². The van der Waals surface area contributed by atoms with Crippen LogP contribution >= 0.6 is 0 Å². The van der Waals surface area contributed by atoms with E-state index < -0.39 is 16.0 Å². The number of carbonyl (C=O) groups excluding carboxylic acids is 1. The summed E-state index contributed by atoms with van der Waals surface area (Å²) in [4.78, 5) is 9.40. The Morgan fingerprint density at radius 1 is 1.28 bits per heavy atom. The van der Waals surface area contributed by atoms with Crippen molar-refractivity contribution in [2.75, 3.05) is 0 Å². The second-order valence-electron chi connectivity index (χ2n) is 2.39.